The van der Waals surface area contributed by atoms with Crippen LogP contribution in [0.1, 0.15) is 73.0 Å². The summed E-state index contributed by atoms with van der Waals surface area (Å²) in [5.74, 6) is 0.534. The van der Waals surface area contributed by atoms with Crippen molar-refractivity contribution >= 4 is 45.4 Å². The lowest BCUT2D eigenvalue weighted by molar-refractivity contribution is -0.141. The molecule has 3 fully saturated rings. The minimum absolute atomic E-state index is 0.00163. The number of rotatable bonds is 21. The van der Waals surface area contributed by atoms with E-state index in [2.05, 4.69) is 91.1 Å². The van der Waals surface area contributed by atoms with Crippen LogP contribution < -0.4 is 29.9 Å². The Balaban J connectivity index is 0.718. The van der Waals surface area contributed by atoms with Crippen LogP contribution in [0.2, 0.25) is 0 Å². The molecule has 6 aromatic rings. The molecule has 0 unspecified atom stereocenters. The molecular formula is C58H71N11O8S. The number of amides is 2. The number of benzene rings is 3. The molecule has 3 saturated heterocycles. The van der Waals surface area contributed by atoms with Crippen LogP contribution >= 0.6 is 11.3 Å². The van der Waals surface area contributed by atoms with Crippen molar-refractivity contribution in [3.05, 3.63) is 106 Å². The molecule has 3 aromatic carbocycles. The van der Waals surface area contributed by atoms with Crippen LogP contribution in [0.3, 0.4) is 0 Å². The van der Waals surface area contributed by atoms with Crippen LogP contribution in [0.5, 0.6) is 11.8 Å². The second-order valence-corrected chi connectivity index (χ2v) is 22.1. The van der Waals surface area contributed by atoms with Gasteiger partial charge in [-0.05, 0) is 62.7 Å². The number of likely N-dealkylation sites (tertiary alicyclic amines) is 2. The van der Waals surface area contributed by atoms with Crippen LogP contribution in [-0.4, -0.2) is 157 Å². The third-order valence-corrected chi connectivity index (χ3v) is 16.4. The molecule has 4 aliphatic heterocycles. The summed E-state index contributed by atoms with van der Waals surface area (Å²) in [6.07, 6.45) is 1.31. The van der Waals surface area contributed by atoms with Crippen molar-refractivity contribution in [2.75, 3.05) is 89.2 Å². The van der Waals surface area contributed by atoms with Crippen LogP contribution in [0.15, 0.2) is 76.8 Å². The molecular weight excluding hydrogens is 1010 g/mol. The molecule has 412 valence electrons. The van der Waals surface area contributed by atoms with Crippen molar-refractivity contribution in [3.63, 3.8) is 0 Å². The summed E-state index contributed by atoms with van der Waals surface area (Å²) in [7, 11) is 2.09. The lowest BCUT2D eigenvalue weighted by Gasteiger charge is -2.37. The van der Waals surface area contributed by atoms with E-state index in [4.69, 9.17) is 33.4 Å². The van der Waals surface area contributed by atoms with Gasteiger partial charge in [-0.3, -0.25) is 14.5 Å². The maximum atomic E-state index is 14.0. The van der Waals surface area contributed by atoms with E-state index in [1.54, 1.807) is 24.3 Å². The van der Waals surface area contributed by atoms with E-state index < -0.39 is 18.1 Å². The number of carbonyl (C=O) groups excluding carboxylic acids is 2. The van der Waals surface area contributed by atoms with Gasteiger partial charge in [0.05, 0.1) is 78.5 Å². The van der Waals surface area contributed by atoms with Gasteiger partial charge in [0.25, 0.3) is 0 Å². The Morgan fingerprint density at radius 3 is 2.63 bits per heavy atom. The first-order chi connectivity index (χ1) is 37.9. The van der Waals surface area contributed by atoms with E-state index in [1.165, 1.54) is 21.4 Å². The molecule has 0 bridgehead atoms. The maximum absolute atomic E-state index is 14.0. The van der Waals surface area contributed by atoms with Gasteiger partial charge in [-0.25, -0.2) is 4.98 Å². The van der Waals surface area contributed by atoms with Gasteiger partial charge >= 0.3 is 6.01 Å². The second kappa shape index (κ2) is 24.9. The molecule has 7 heterocycles. The molecule has 4 aliphatic rings. The van der Waals surface area contributed by atoms with E-state index in [0.717, 1.165) is 77.8 Å². The molecule has 0 spiro atoms. The van der Waals surface area contributed by atoms with Crippen LogP contribution in [0, 0.1) is 31.1 Å². The number of piperazine rings is 1. The smallest absolute Gasteiger partial charge is 0.318 e. The number of ether oxygens (including phenoxy) is 4. The summed E-state index contributed by atoms with van der Waals surface area (Å²) < 4.78 is 30.7. The van der Waals surface area contributed by atoms with Crippen molar-refractivity contribution in [3.8, 4) is 28.3 Å². The van der Waals surface area contributed by atoms with Gasteiger partial charge in [-0.1, -0.05) is 67.5 Å². The van der Waals surface area contributed by atoms with Crippen molar-refractivity contribution < 1.29 is 38.2 Å². The normalized spacial score (nSPS) is 21.0. The zero-order chi connectivity index (χ0) is 54.3. The third kappa shape index (κ3) is 12.6. The molecule has 2 amide bonds. The first-order valence-corrected chi connectivity index (χ1v) is 28.1. The largest absolute Gasteiger partial charge is 0.491 e. The molecule has 20 heteroatoms. The molecule has 6 atom stereocenters. The number of nitrogens with zero attached hydrogens (tertiary/aromatic N) is 9. The van der Waals surface area contributed by atoms with Crippen molar-refractivity contribution in [2.45, 2.75) is 103 Å². The summed E-state index contributed by atoms with van der Waals surface area (Å²) in [5, 5.41) is 33.1. The van der Waals surface area contributed by atoms with Crippen LogP contribution in [-0.2, 0) is 38.6 Å². The third-order valence-electron chi connectivity index (χ3n) is 15.4. The van der Waals surface area contributed by atoms with E-state index in [1.807, 2.05) is 44.5 Å². The molecule has 3 aromatic heterocycles. The predicted octanol–water partition coefficient (Wildman–Crippen LogP) is 6.19. The van der Waals surface area contributed by atoms with E-state index >= 15 is 0 Å². The lowest BCUT2D eigenvalue weighted by atomic mass is 9.91. The molecule has 0 saturated carbocycles. The zero-order valence-corrected chi connectivity index (χ0v) is 46.0. The first kappa shape index (κ1) is 54.6. The Morgan fingerprint density at radius 1 is 0.974 bits per heavy atom. The number of nitriles is 1. The molecule has 10 rings (SSSR count). The predicted molar refractivity (Wildman–Crippen MR) is 297 cm³/mol. The summed E-state index contributed by atoms with van der Waals surface area (Å²) >= 11 is 1.54. The summed E-state index contributed by atoms with van der Waals surface area (Å²) in [6.45, 7) is 14.1. The van der Waals surface area contributed by atoms with Crippen molar-refractivity contribution in [2.24, 2.45) is 5.92 Å². The number of aromatic nitrogens is 4. The highest BCUT2D eigenvalue weighted by molar-refractivity contribution is 7.13. The van der Waals surface area contributed by atoms with Gasteiger partial charge < -0.3 is 53.9 Å². The van der Waals surface area contributed by atoms with Crippen molar-refractivity contribution in [1.82, 2.24) is 40.5 Å². The highest BCUT2D eigenvalue weighted by atomic mass is 32.1. The fourth-order valence-electron chi connectivity index (χ4n) is 11.4. The number of carbonyl (C=O) groups is 2. The van der Waals surface area contributed by atoms with Crippen LogP contribution in [0.4, 0.5) is 11.5 Å². The number of anilines is 2. The fraction of sp³-hybridized carbons (Fsp3) is 0.500. The number of hydrogen-bond acceptors (Lipinski definition) is 18. The number of aryl methyl sites for hydroxylation is 2. The summed E-state index contributed by atoms with van der Waals surface area (Å²) in [4.78, 5) is 51.9. The number of nitrogens with one attached hydrogen (secondary N) is 2. The van der Waals surface area contributed by atoms with Gasteiger partial charge in [-0.15, -0.1) is 11.3 Å². The SMILES string of the molecule is Cc1cc([C@@H](C(=O)N2C[C@H](O)C[C@H]2C(=O)NCc2ccc(-c3scnc3C)cc2OCCOCCO[C@@H]2C[C@@H](COc3nc4c(c(N5CCN[C@@H](CC#N)C5)n3)CCN(c3cccc5ccccc35)C4)N(C)C2)C(C)C)on1. The van der Waals surface area contributed by atoms with E-state index in [9.17, 15) is 20.0 Å². The fourth-order valence-corrected chi connectivity index (χ4v) is 12.2. The Morgan fingerprint density at radius 2 is 1.82 bits per heavy atom. The number of aliphatic hydroxyl groups is 1. The Hall–Kier alpha value is -6.73. The number of aliphatic hydroxyl groups excluding tert-OH is 1. The lowest BCUT2D eigenvalue weighted by Crippen LogP contribution is -2.51. The molecule has 78 heavy (non-hydrogen) atoms. The number of thiazole rings is 1. The molecule has 19 nitrogen and oxygen atoms in total. The van der Waals surface area contributed by atoms with Gasteiger partial charge in [0, 0.05) is 92.6 Å². The molecule has 0 radical (unpaired) electrons. The number of fused-ring (bicyclic) bond motifs is 2. The van der Waals surface area contributed by atoms with E-state index in [-0.39, 0.29) is 62.0 Å². The minimum atomic E-state index is -0.854. The van der Waals surface area contributed by atoms with Gasteiger partial charge in [0.15, 0.2) is 0 Å². The topological polar surface area (TPSA) is 217 Å². The quantitative estimate of drug-likeness (QED) is 0.0685. The summed E-state index contributed by atoms with van der Waals surface area (Å²) in [6, 6.07) is 24.6. The number of likely N-dealkylation sites (N-methyl/N-ethyl adjacent to an activating group) is 1. The zero-order valence-electron chi connectivity index (χ0n) is 45.2. The standard InChI is InChI=1S/C58H71N11O8S/c1-36(2)53(52-25-37(3)65-77-52)57(72)69-31-44(70)28-50(69)56(71)61-29-41-14-13-40(54-38(4)62-35-78-54)26-51(41)75-24-22-73-21-23-74-45-27-43(66(5)32-45)34-76-58-63-48-33-67(49-12-8-10-39-9-6-7-11-46(39)49)19-16-47(48)55(64-58)68-20-18-60-42(30-68)15-17-59/h6-14,25-26,35-36,42-45,50,53,60,70H,15-16,18-24,27-34H2,1-5H3,(H,61,71)/t42-,43-,44+,45+,50-,53-/m0/s1. The molecule has 3 N–H and O–H groups in total. The van der Waals surface area contributed by atoms with Gasteiger partial charge in [0.1, 0.15) is 42.5 Å². The Kier molecular flexibility index (Phi) is 17.5. The number of hydrogen-bond donors (Lipinski definition) is 3. The first-order valence-electron chi connectivity index (χ1n) is 27.3. The Labute approximate surface area is 459 Å². The monoisotopic (exact) mass is 1080 g/mol. The average Bonchev–Trinajstić information content (AvgIpc) is 4.32. The van der Waals surface area contributed by atoms with Crippen LogP contribution in [0.25, 0.3) is 21.2 Å². The van der Waals surface area contributed by atoms with Gasteiger partial charge in [-0.2, -0.15) is 15.2 Å². The molecule has 0 aliphatic carbocycles. The highest BCUT2D eigenvalue weighted by Crippen LogP contribution is 2.37. The van der Waals surface area contributed by atoms with Crippen molar-refractivity contribution in [1.29, 1.82) is 5.26 Å². The Bertz CT molecular complexity index is 3080. The maximum Gasteiger partial charge on any atom is 0.318 e. The number of β-amino-alcohol motifs (C(OH)–C–C–N with tert-alkyl or cyclic N) is 1. The highest BCUT2D eigenvalue weighted by Gasteiger charge is 2.43. The average molecular weight is 1080 g/mol. The van der Waals surface area contributed by atoms with Gasteiger partial charge in [0.2, 0.25) is 11.8 Å². The van der Waals surface area contributed by atoms with E-state index in [0.29, 0.717) is 69.2 Å². The second-order valence-electron chi connectivity index (χ2n) is 21.3. The summed E-state index contributed by atoms with van der Waals surface area (Å²) in [5.41, 5.74) is 8.40. The minimum Gasteiger partial charge on any atom is -0.491 e.